The lowest BCUT2D eigenvalue weighted by molar-refractivity contribution is 0.415. The first-order chi connectivity index (χ1) is 12.7. The summed E-state index contributed by atoms with van der Waals surface area (Å²) >= 11 is 0. The van der Waals surface area contributed by atoms with Gasteiger partial charge in [0.25, 0.3) is 0 Å². The monoisotopic (exact) mass is 348 g/mol. The van der Waals surface area contributed by atoms with Gasteiger partial charge in [0.1, 0.15) is 11.6 Å². The van der Waals surface area contributed by atoms with Crippen LogP contribution in [0.15, 0.2) is 60.7 Å². The van der Waals surface area contributed by atoms with Crippen molar-refractivity contribution >= 4 is 17.5 Å². The van der Waals surface area contributed by atoms with Crippen LogP contribution in [0.5, 0.6) is 5.75 Å². The molecule has 0 atom stereocenters. The van der Waals surface area contributed by atoms with Crippen molar-refractivity contribution in [3.63, 3.8) is 0 Å². The summed E-state index contributed by atoms with van der Waals surface area (Å²) in [5, 5.41) is 6.62. The molecule has 26 heavy (non-hydrogen) atoms. The van der Waals surface area contributed by atoms with E-state index in [0.29, 0.717) is 5.95 Å². The minimum absolute atomic E-state index is 0.647. The first kappa shape index (κ1) is 17.7. The Hall–Kier alpha value is -3.08. The number of ether oxygens (including phenoxy) is 1. The summed E-state index contributed by atoms with van der Waals surface area (Å²) in [6.45, 7) is 2.80. The SMILES string of the molecule is COc1ccc(Nc2cc(C)nc(NCCCc3ccccc3)n2)cc1. The number of aromatic nitrogens is 2. The Kier molecular flexibility index (Phi) is 6.04. The Balaban J connectivity index is 1.56. The fourth-order valence-electron chi connectivity index (χ4n) is 2.67. The molecule has 0 saturated carbocycles. The number of nitrogens with zero attached hydrogens (tertiary/aromatic N) is 2. The predicted molar refractivity (Wildman–Crippen MR) is 106 cm³/mol. The van der Waals surface area contributed by atoms with Gasteiger partial charge in [-0.05, 0) is 49.6 Å². The van der Waals surface area contributed by atoms with E-state index in [4.69, 9.17) is 4.74 Å². The molecule has 2 N–H and O–H groups in total. The maximum atomic E-state index is 5.18. The van der Waals surface area contributed by atoms with Crippen LogP contribution in [0.1, 0.15) is 17.7 Å². The van der Waals surface area contributed by atoms with Crippen LogP contribution >= 0.6 is 0 Å². The van der Waals surface area contributed by atoms with Crippen molar-refractivity contribution in [3.05, 3.63) is 71.9 Å². The fraction of sp³-hybridized carbons (Fsp3) is 0.238. The molecule has 0 saturated heterocycles. The average Bonchev–Trinajstić information content (AvgIpc) is 2.66. The molecule has 5 nitrogen and oxygen atoms in total. The number of rotatable bonds is 8. The highest BCUT2D eigenvalue weighted by Gasteiger charge is 2.03. The molecule has 0 aliphatic heterocycles. The van der Waals surface area contributed by atoms with E-state index in [9.17, 15) is 0 Å². The average molecular weight is 348 g/mol. The van der Waals surface area contributed by atoms with Crippen molar-refractivity contribution in [3.8, 4) is 5.75 Å². The highest BCUT2D eigenvalue weighted by Crippen LogP contribution is 2.20. The summed E-state index contributed by atoms with van der Waals surface area (Å²) in [6, 6.07) is 20.2. The number of benzene rings is 2. The lowest BCUT2D eigenvalue weighted by atomic mass is 10.1. The summed E-state index contributed by atoms with van der Waals surface area (Å²) in [5.41, 5.74) is 3.22. The first-order valence-electron chi connectivity index (χ1n) is 8.77. The number of nitrogens with one attached hydrogen (secondary N) is 2. The van der Waals surface area contributed by atoms with Crippen molar-refractivity contribution < 1.29 is 4.74 Å². The van der Waals surface area contributed by atoms with Crippen molar-refractivity contribution in [1.29, 1.82) is 0 Å². The zero-order valence-corrected chi connectivity index (χ0v) is 15.2. The molecule has 2 aromatic carbocycles. The molecule has 0 aliphatic carbocycles. The number of methoxy groups -OCH3 is 1. The standard InChI is InChI=1S/C21H24N4O/c1-16-15-20(24-18-10-12-19(26-2)13-11-18)25-21(23-16)22-14-6-9-17-7-4-3-5-8-17/h3-5,7-8,10-13,15H,6,9,14H2,1-2H3,(H2,22,23,24,25). The fourth-order valence-corrected chi connectivity index (χ4v) is 2.67. The molecule has 0 bridgehead atoms. The predicted octanol–water partition coefficient (Wildman–Crippen LogP) is 4.58. The van der Waals surface area contributed by atoms with Crippen molar-refractivity contribution in [2.24, 2.45) is 0 Å². The highest BCUT2D eigenvalue weighted by molar-refractivity contribution is 5.58. The van der Waals surface area contributed by atoms with Gasteiger partial charge in [0, 0.05) is 24.0 Å². The summed E-state index contributed by atoms with van der Waals surface area (Å²) in [7, 11) is 1.66. The number of aryl methyl sites for hydroxylation is 2. The van der Waals surface area contributed by atoms with E-state index in [0.717, 1.165) is 42.3 Å². The molecule has 0 radical (unpaired) electrons. The van der Waals surface area contributed by atoms with E-state index in [1.54, 1.807) is 7.11 Å². The van der Waals surface area contributed by atoms with E-state index in [2.05, 4.69) is 44.9 Å². The van der Waals surface area contributed by atoms with Gasteiger partial charge in [-0.15, -0.1) is 0 Å². The molecule has 1 aromatic heterocycles. The first-order valence-corrected chi connectivity index (χ1v) is 8.77. The minimum atomic E-state index is 0.647. The summed E-state index contributed by atoms with van der Waals surface area (Å²) in [5.74, 6) is 2.25. The molecule has 0 unspecified atom stereocenters. The number of hydrogen-bond donors (Lipinski definition) is 2. The molecule has 3 aromatic rings. The molecule has 0 amide bonds. The lowest BCUT2D eigenvalue weighted by Crippen LogP contribution is -2.08. The Bertz CT molecular complexity index is 819. The van der Waals surface area contributed by atoms with Gasteiger partial charge in [-0.3, -0.25) is 0 Å². The second-order valence-corrected chi connectivity index (χ2v) is 6.09. The Morgan fingerprint density at radius 2 is 1.73 bits per heavy atom. The van der Waals surface area contributed by atoms with E-state index in [1.165, 1.54) is 5.56 Å². The van der Waals surface area contributed by atoms with Gasteiger partial charge in [0.05, 0.1) is 7.11 Å². The molecule has 0 aliphatic rings. The van der Waals surface area contributed by atoms with Crippen LogP contribution in [0, 0.1) is 6.92 Å². The molecule has 1 heterocycles. The third kappa shape index (κ3) is 5.21. The number of hydrogen-bond acceptors (Lipinski definition) is 5. The van der Waals surface area contributed by atoms with Crippen LogP contribution in [0.4, 0.5) is 17.5 Å². The normalized spacial score (nSPS) is 10.4. The molecule has 5 heteroatoms. The maximum Gasteiger partial charge on any atom is 0.224 e. The van der Waals surface area contributed by atoms with Gasteiger partial charge in [0.15, 0.2) is 0 Å². The Morgan fingerprint density at radius 1 is 0.962 bits per heavy atom. The van der Waals surface area contributed by atoms with E-state index >= 15 is 0 Å². The van der Waals surface area contributed by atoms with Crippen LogP contribution < -0.4 is 15.4 Å². The van der Waals surface area contributed by atoms with Gasteiger partial charge in [-0.1, -0.05) is 30.3 Å². The molecule has 3 rings (SSSR count). The highest BCUT2D eigenvalue weighted by atomic mass is 16.5. The smallest absolute Gasteiger partial charge is 0.224 e. The van der Waals surface area contributed by atoms with E-state index < -0.39 is 0 Å². The van der Waals surface area contributed by atoms with Crippen LogP contribution in [0.2, 0.25) is 0 Å². The topological polar surface area (TPSA) is 59.1 Å². The quantitative estimate of drug-likeness (QED) is 0.584. The van der Waals surface area contributed by atoms with Crippen LogP contribution in [0.3, 0.4) is 0 Å². The summed E-state index contributed by atoms with van der Waals surface area (Å²) < 4.78 is 5.18. The molecule has 0 fully saturated rings. The second kappa shape index (κ2) is 8.85. The van der Waals surface area contributed by atoms with Gasteiger partial charge in [-0.2, -0.15) is 4.98 Å². The molecule has 0 spiro atoms. The molecule has 134 valence electrons. The Labute approximate surface area is 154 Å². The van der Waals surface area contributed by atoms with Crippen molar-refractivity contribution in [2.75, 3.05) is 24.3 Å². The largest absolute Gasteiger partial charge is 0.497 e. The van der Waals surface area contributed by atoms with Gasteiger partial charge in [0.2, 0.25) is 5.95 Å². The summed E-state index contributed by atoms with van der Waals surface area (Å²) in [6.07, 6.45) is 2.07. The minimum Gasteiger partial charge on any atom is -0.497 e. The third-order valence-electron chi connectivity index (χ3n) is 3.98. The van der Waals surface area contributed by atoms with Crippen LogP contribution in [-0.4, -0.2) is 23.6 Å². The zero-order valence-electron chi connectivity index (χ0n) is 15.2. The van der Waals surface area contributed by atoms with Crippen LogP contribution in [0.25, 0.3) is 0 Å². The Morgan fingerprint density at radius 3 is 2.46 bits per heavy atom. The van der Waals surface area contributed by atoms with E-state index in [1.807, 2.05) is 43.3 Å². The van der Waals surface area contributed by atoms with Crippen molar-refractivity contribution in [2.45, 2.75) is 19.8 Å². The lowest BCUT2D eigenvalue weighted by Gasteiger charge is -2.10. The van der Waals surface area contributed by atoms with Gasteiger partial charge >= 0.3 is 0 Å². The molecular weight excluding hydrogens is 324 g/mol. The van der Waals surface area contributed by atoms with Crippen molar-refractivity contribution in [1.82, 2.24) is 9.97 Å². The maximum absolute atomic E-state index is 5.18. The third-order valence-corrected chi connectivity index (χ3v) is 3.98. The van der Waals surface area contributed by atoms with Gasteiger partial charge < -0.3 is 15.4 Å². The molecular formula is C21H24N4O. The zero-order chi connectivity index (χ0) is 18.2. The van der Waals surface area contributed by atoms with Crippen LogP contribution in [-0.2, 0) is 6.42 Å². The summed E-state index contributed by atoms with van der Waals surface area (Å²) in [4.78, 5) is 9.02. The second-order valence-electron chi connectivity index (χ2n) is 6.09. The van der Waals surface area contributed by atoms with Gasteiger partial charge in [-0.25, -0.2) is 4.98 Å². The van der Waals surface area contributed by atoms with E-state index in [-0.39, 0.29) is 0 Å². The number of anilines is 3.